The van der Waals surface area contributed by atoms with Crippen molar-refractivity contribution in [3.8, 4) is 5.69 Å². The van der Waals surface area contributed by atoms with E-state index in [1.165, 1.54) is 30.0 Å². The summed E-state index contributed by atoms with van der Waals surface area (Å²) in [6.07, 6.45) is 6.12. The second-order valence-electron chi connectivity index (χ2n) is 5.19. The number of nitrogen functional groups attached to an aromatic ring is 1. The Morgan fingerprint density at radius 2 is 1.89 bits per heavy atom. The molecule has 1 aromatic heterocycles. The molecule has 0 unspecified atom stereocenters. The standard InChI is InChI=1S/C15H18FN3/c16-12-8-4-5-9-14(12)19-15(17)10-13(18-19)11-6-2-1-3-7-11/h4-5,8-11H,1-3,6-7,17H2. The smallest absolute Gasteiger partial charge is 0.148 e. The van der Waals surface area contributed by atoms with Gasteiger partial charge in [0.25, 0.3) is 0 Å². The minimum Gasteiger partial charge on any atom is -0.384 e. The Morgan fingerprint density at radius 1 is 1.16 bits per heavy atom. The van der Waals surface area contributed by atoms with Gasteiger partial charge in [-0.05, 0) is 25.0 Å². The van der Waals surface area contributed by atoms with E-state index in [2.05, 4.69) is 5.10 Å². The quantitative estimate of drug-likeness (QED) is 0.894. The lowest BCUT2D eigenvalue weighted by atomic mass is 9.87. The van der Waals surface area contributed by atoms with E-state index < -0.39 is 0 Å². The van der Waals surface area contributed by atoms with Crippen molar-refractivity contribution >= 4 is 5.82 Å². The third-order valence-corrected chi connectivity index (χ3v) is 3.86. The lowest BCUT2D eigenvalue weighted by Crippen LogP contribution is -2.07. The van der Waals surface area contributed by atoms with Gasteiger partial charge in [0.1, 0.15) is 17.3 Å². The zero-order valence-corrected chi connectivity index (χ0v) is 10.8. The summed E-state index contributed by atoms with van der Waals surface area (Å²) in [5, 5.41) is 4.52. The van der Waals surface area contributed by atoms with Crippen LogP contribution in [-0.4, -0.2) is 9.78 Å². The highest BCUT2D eigenvalue weighted by Gasteiger charge is 2.20. The summed E-state index contributed by atoms with van der Waals surface area (Å²) in [6.45, 7) is 0. The highest BCUT2D eigenvalue weighted by molar-refractivity contribution is 5.44. The van der Waals surface area contributed by atoms with E-state index in [0.29, 0.717) is 17.4 Å². The molecule has 2 aromatic rings. The molecular weight excluding hydrogens is 241 g/mol. The number of nitrogens with zero attached hydrogens (tertiary/aromatic N) is 2. The second-order valence-corrected chi connectivity index (χ2v) is 5.19. The van der Waals surface area contributed by atoms with Crippen LogP contribution in [0.3, 0.4) is 0 Å². The van der Waals surface area contributed by atoms with Gasteiger partial charge >= 0.3 is 0 Å². The lowest BCUT2D eigenvalue weighted by molar-refractivity contribution is 0.434. The first-order valence-electron chi connectivity index (χ1n) is 6.86. The van der Waals surface area contributed by atoms with Crippen molar-refractivity contribution in [2.45, 2.75) is 38.0 Å². The van der Waals surface area contributed by atoms with Gasteiger partial charge in [-0.2, -0.15) is 5.10 Å². The molecule has 2 N–H and O–H groups in total. The van der Waals surface area contributed by atoms with Gasteiger partial charge < -0.3 is 5.73 Å². The van der Waals surface area contributed by atoms with E-state index in [1.54, 1.807) is 18.2 Å². The molecule has 1 aromatic carbocycles. The maximum absolute atomic E-state index is 13.8. The molecule has 1 heterocycles. The third-order valence-electron chi connectivity index (χ3n) is 3.86. The van der Waals surface area contributed by atoms with Crippen molar-refractivity contribution in [2.24, 2.45) is 0 Å². The Morgan fingerprint density at radius 3 is 2.63 bits per heavy atom. The summed E-state index contributed by atoms with van der Waals surface area (Å²) < 4.78 is 15.3. The maximum atomic E-state index is 13.8. The first-order chi connectivity index (χ1) is 9.25. The molecule has 1 saturated carbocycles. The number of aromatic nitrogens is 2. The monoisotopic (exact) mass is 259 g/mol. The first kappa shape index (κ1) is 12.2. The van der Waals surface area contributed by atoms with Crippen molar-refractivity contribution in [3.63, 3.8) is 0 Å². The largest absolute Gasteiger partial charge is 0.384 e. The Kier molecular flexibility index (Phi) is 3.23. The number of para-hydroxylation sites is 1. The molecule has 100 valence electrons. The molecule has 0 bridgehead atoms. The second kappa shape index (κ2) is 5.03. The number of hydrogen-bond acceptors (Lipinski definition) is 2. The fraction of sp³-hybridized carbons (Fsp3) is 0.400. The van der Waals surface area contributed by atoms with Gasteiger partial charge in [-0.3, -0.25) is 0 Å². The Hall–Kier alpha value is -1.84. The fourth-order valence-corrected chi connectivity index (χ4v) is 2.83. The molecule has 0 aliphatic heterocycles. The van der Waals surface area contributed by atoms with E-state index in [9.17, 15) is 4.39 Å². The molecule has 0 radical (unpaired) electrons. The molecule has 1 aliphatic rings. The summed E-state index contributed by atoms with van der Waals surface area (Å²) in [5.41, 5.74) is 7.40. The van der Waals surface area contributed by atoms with Gasteiger partial charge in [-0.1, -0.05) is 31.4 Å². The molecule has 0 spiro atoms. The van der Waals surface area contributed by atoms with Gasteiger partial charge in [0.05, 0.1) is 5.69 Å². The minimum atomic E-state index is -0.299. The summed E-state index contributed by atoms with van der Waals surface area (Å²) in [5.74, 6) is 0.683. The van der Waals surface area contributed by atoms with Crippen molar-refractivity contribution in [2.75, 3.05) is 5.73 Å². The zero-order valence-electron chi connectivity index (χ0n) is 10.8. The van der Waals surface area contributed by atoms with Crippen LogP contribution in [0.5, 0.6) is 0 Å². The van der Waals surface area contributed by atoms with Crippen LogP contribution in [0.4, 0.5) is 10.2 Å². The Bertz CT molecular complexity index is 571. The molecule has 0 atom stereocenters. The molecule has 0 amide bonds. The average molecular weight is 259 g/mol. The highest BCUT2D eigenvalue weighted by atomic mass is 19.1. The molecular formula is C15H18FN3. The van der Waals surface area contributed by atoms with Gasteiger partial charge in [-0.25, -0.2) is 9.07 Å². The number of halogens is 1. The molecule has 1 fully saturated rings. The van der Waals surface area contributed by atoms with Crippen LogP contribution in [0, 0.1) is 5.82 Å². The summed E-state index contributed by atoms with van der Waals surface area (Å²) >= 11 is 0. The predicted molar refractivity (Wildman–Crippen MR) is 73.8 cm³/mol. The van der Waals surface area contributed by atoms with Crippen LogP contribution >= 0.6 is 0 Å². The molecule has 19 heavy (non-hydrogen) atoms. The summed E-state index contributed by atoms with van der Waals surface area (Å²) in [4.78, 5) is 0. The number of anilines is 1. The average Bonchev–Trinajstić information content (AvgIpc) is 2.82. The normalized spacial score (nSPS) is 16.7. The van der Waals surface area contributed by atoms with Crippen LogP contribution in [0.25, 0.3) is 5.69 Å². The van der Waals surface area contributed by atoms with Gasteiger partial charge in [0.15, 0.2) is 0 Å². The first-order valence-corrected chi connectivity index (χ1v) is 6.86. The topological polar surface area (TPSA) is 43.8 Å². The maximum Gasteiger partial charge on any atom is 0.148 e. The fourth-order valence-electron chi connectivity index (χ4n) is 2.83. The van der Waals surface area contributed by atoms with Crippen molar-refractivity contribution in [3.05, 3.63) is 41.8 Å². The van der Waals surface area contributed by atoms with Gasteiger partial charge in [-0.15, -0.1) is 0 Å². The minimum absolute atomic E-state index is 0.299. The Balaban J connectivity index is 1.95. The number of rotatable bonds is 2. The Labute approximate surface area is 112 Å². The zero-order chi connectivity index (χ0) is 13.2. The van der Waals surface area contributed by atoms with E-state index >= 15 is 0 Å². The van der Waals surface area contributed by atoms with Crippen molar-refractivity contribution in [1.82, 2.24) is 9.78 Å². The number of benzene rings is 1. The van der Waals surface area contributed by atoms with Crippen molar-refractivity contribution < 1.29 is 4.39 Å². The van der Waals surface area contributed by atoms with E-state index in [0.717, 1.165) is 18.5 Å². The number of nitrogens with two attached hydrogens (primary N) is 1. The van der Waals surface area contributed by atoms with E-state index in [-0.39, 0.29) is 5.82 Å². The lowest BCUT2D eigenvalue weighted by Gasteiger charge is -2.19. The van der Waals surface area contributed by atoms with Crippen LogP contribution < -0.4 is 5.73 Å². The van der Waals surface area contributed by atoms with E-state index in [4.69, 9.17) is 5.73 Å². The van der Waals surface area contributed by atoms with Crippen LogP contribution in [-0.2, 0) is 0 Å². The van der Waals surface area contributed by atoms with Crippen LogP contribution in [0.15, 0.2) is 30.3 Å². The number of hydrogen-bond donors (Lipinski definition) is 1. The molecule has 4 heteroatoms. The van der Waals surface area contributed by atoms with E-state index in [1.807, 2.05) is 6.07 Å². The summed E-state index contributed by atoms with van der Waals surface area (Å²) in [7, 11) is 0. The molecule has 3 rings (SSSR count). The molecule has 3 nitrogen and oxygen atoms in total. The van der Waals surface area contributed by atoms with Gasteiger partial charge in [0.2, 0.25) is 0 Å². The third kappa shape index (κ3) is 2.35. The van der Waals surface area contributed by atoms with Crippen LogP contribution in [0.1, 0.15) is 43.7 Å². The SMILES string of the molecule is Nc1cc(C2CCCCC2)nn1-c1ccccc1F. The predicted octanol–water partition coefficient (Wildman–Crippen LogP) is 3.64. The molecule has 1 aliphatic carbocycles. The molecule has 0 saturated heterocycles. The van der Waals surface area contributed by atoms with Crippen LogP contribution in [0.2, 0.25) is 0 Å². The highest BCUT2D eigenvalue weighted by Crippen LogP contribution is 2.33. The summed E-state index contributed by atoms with van der Waals surface area (Å²) in [6, 6.07) is 8.48. The van der Waals surface area contributed by atoms with Crippen molar-refractivity contribution in [1.29, 1.82) is 0 Å². The van der Waals surface area contributed by atoms with Gasteiger partial charge in [0, 0.05) is 12.0 Å².